The number of nitrogens with one attached hydrogen (secondary N) is 2. The fourth-order valence-electron chi connectivity index (χ4n) is 3.45. The molecule has 0 fully saturated rings. The van der Waals surface area contributed by atoms with Gasteiger partial charge in [0.15, 0.2) is 5.16 Å². The topological polar surface area (TPSA) is 97.0 Å². The van der Waals surface area contributed by atoms with Crippen molar-refractivity contribution in [2.45, 2.75) is 23.8 Å². The van der Waals surface area contributed by atoms with E-state index in [1.54, 1.807) is 25.3 Å². The molecule has 8 heteroatoms. The average Bonchev–Trinajstić information content (AvgIpc) is 2.77. The SMILES string of the molecule is COC(=O)C1=C(C)Nc2nc(SCc3ccccc3)[nH]c(=O)c2C1c1ccccn1. The van der Waals surface area contributed by atoms with Crippen molar-refractivity contribution in [3.05, 3.63) is 93.2 Å². The number of hydrogen-bond donors (Lipinski definition) is 2. The van der Waals surface area contributed by atoms with Gasteiger partial charge in [0.25, 0.3) is 5.56 Å². The summed E-state index contributed by atoms with van der Waals surface area (Å²) in [5.74, 6) is -0.0771. The van der Waals surface area contributed by atoms with Crippen molar-refractivity contribution in [2.24, 2.45) is 0 Å². The van der Waals surface area contributed by atoms with Crippen LogP contribution in [0.15, 0.2) is 75.9 Å². The number of nitrogens with zero attached hydrogens (tertiary/aromatic N) is 2. The molecule has 0 radical (unpaired) electrons. The maximum Gasteiger partial charge on any atom is 0.336 e. The summed E-state index contributed by atoms with van der Waals surface area (Å²) in [5, 5.41) is 3.61. The minimum absolute atomic E-state index is 0.312. The number of benzene rings is 1. The quantitative estimate of drug-likeness (QED) is 0.371. The Balaban J connectivity index is 1.76. The number of anilines is 1. The second-order valence-corrected chi connectivity index (χ2v) is 7.71. The highest BCUT2D eigenvalue weighted by atomic mass is 32.2. The maximum atomic E-state index is 13.1. The zero-order chi connectivity index (χ0) is 21.1. The second kappa shape index (κ2) is 8.54. The smallest absolute Gasteiger partial charge is 0.336 e. The van der Waals surface area contributed by atoms with Crippen LogP contribution in [0.25, 0.3) is 0 Å². The van der Waals surface area contributed by atoms with Crippen molar-refractivity contribution in [3.63, 3.8) is 0 Å². The lowest BCUT2D eigenvalue weighted by Gasteiger charge is -2.27. The number of carbonyl (C=O) groups excluding carboxylic acids is 1. The molecule has 0 aliphatic carbocycles. The monoisotopic (exact) mass is 420 g/mol. The molecule has 152 valence electrons. The van der Waals surface area contributed by atoms with Gasteiger partial charge >= 0.3 is 5.97 Å². The number of aromatic amines is 1. The molecule has 0 amide bonds. The zero-order valence-corrected chi connectivity index (χ0v) is 17.3. The van der Waals surface area contributed by atoms with Crippen molar-refractivity contribution < 1.29 is 9.53 Å². The zero-order valence-electron chi connectivity index (χ0n) is 16.5. The van der Waals surface area contributed by atoms with Gasteiger partial charge in [0, 0.05) is 17.6 Å². The standard InChI is InChI=1S/C22H20N4O3S/c1-13-16(21(28)29-2)17(15-10-6-7-11-23-15)18-19(24-13)25-22(26-20(18)27)30-12-14-8-4-3-5-9-14/h3-11,17H,12H2,1-2H3,(H2,24,25,26,27). The van der Waals surface area contributed by atoms with E-state index < -0.39 is 11.9 Å². The lowest BCUT2D eigenvalue weighted by molar-refractivity contribution is -0.136. The molecule has 30 heavy (non-hydrogen) atoms. The molecule has 1 unspecified atom stereocenters. The molecule has 3 aromatic rings. The summed E-state index contributed by atoms with van der Waals surface area (Å²) in [5.41, 5.74) is 2.68. The lowest BCUT2D eigenvalue weighted by Crippen LogP contribution is -2.31. The van der Waals surface area contributed by atoms with Crippen LogP contribution < -0.4 is 10.9 Å². The average molecular weight is 420 g/mol. The Hall–Kier alpha value is -3.39. The first-order valence-electron chi connectivity index (χ1n) is 9.36. The van der Waals surface area contributed by atoms with Gasteiger partial charge in [-0.2, -0.15) is 0 Å². The highest BCUT2D eigenvalue weighted by Gasteiger charge is 2.36. The third kappa shape index (κ3) is 3.86. The Kier molecular flexibility index (Phi) is 5.67. The minimum Gasteiger partial charge on any atom is -0.466 e. The van der Waals surface area contributed by atoms with Crippen LogP contribution in [-0.2, 0) is 15.3 Å². The largest absolute Gasteiger partial charge is 0.466 e. The fourth-order valence-corrected chi connectivity index (χ4v) is 4.26. The molecule has 4 rings (SSSR count). The number of hydrogen-bond acceptors (Lipinski definition) is 7. The molecule has 0 spiro atoms. The third-order valence-electron chi connectivity index (χ3n) is 4.83. The minimum atomic E-state index is -0.667. The summed E-state index contributed by atoms with van der Waals surface area (Å²) in [6, 6.07) is 15.3. The van der Waals surface area contributed by atoms with E-state index in [1.165, 1.54) is 18.9 Å². The number of allylic oxidation sites excluding steroid dienone is 1. The van der Waals surface area contributed by atoms with E-state index in [-0.39, 0.29) is 5.56 Å². The molecule has 0 bridgehead atoms. The van der Waals surface area contributed by atoms with Crippen LogP contribution in [0.5, 0.6) is 0 Å². The Bertz CT molecular complexity index is 1160. The van der Waals surface area contributed by atoms with Crippen LogP contribution in [0.1, 0.15) is 29.7 Å². The number of carbonyl (C=O) groups is 1. The van der Waals surface area contributed by atoms with Gasteiger partial charge < -0.3 is 15.0 Å². The van der Waals surface area contributed by atoms with Crippen LogP contribution in [0, 0.1) is 0 Å². The highest BCUT2D eigenvalue weighted by molar-refractivity contribution is 7.98. The number of pyridine rings is 1. The van der Waals surface area contributed by atoms with Gasteiger partial charge in [0.05, 0.1) is 29.9 Å². The van der Waals surface area contributed by atoms with Crippen molar-refractivity contribution in [1.29, 1.82) is 0 Å². The van der Waals surface area contributed by atoms with Crippen LogP contribution in [0.4, 0.5) is 5.82 Å². The molecule has 2 aromatic heterocycles. The normalized spacial score (nSPS) is 15.3. The van der Waals surface area contributed by atoms with E-state index in [0.717, 1.165) is 5.56 Å². The maximum absolute atomic E-state index is 13.1. The van der Waals surface area contributed by atoms with Crippen LogP contribution >= 0.6 is 11.8 Å². The van der Waals surface area contributed by atoms with Crippen molar-refractivity contribution in [3.8, 4) is 0 Å². The molecule has 0 saturated carbocycles. The van der Waals surface area contributed by atoms with E-state index in [4.69, 9.17) is 4.74 Å². The van der Waals surface area contributed by atoms with Gasteiger partial charge in [-0.3, -0.25) is 9.78 Å². The Morgan fingerprint density at radius 2 is 1.93 bits per heavy atom. The van der Waals surface area contributed by atoms with E-state index in [0.29, 0.717) is 39.3 Å². The van der Waals surface area contributed by atoms with E-state index in [9.17, 15) is 9.59 Å². The van der Waals surface area contributed by atoms with Crippen LogP contribution in [0.2, 0.25) is 0 Å². The van der Waals surface area contributed by atoms with Gasteiger partial charge in [-0.15, -0.1) is 0 Å². The number of aromatic nitrogens is 3. The van der Waals surface area contributed by atoms with Crippen molar-refractivity contribution in [2.75, 3.05) is 12.4 Å². The van der Waals surface area contributed by atoms with Gasteiger partial charge in [-0.05, 0) is 24.6 Å². The lowest BCUT2D eigenvalue weighted by atomic mass is 9.85. The van der Waals surface area contributed by atoms with Crippen LogP contribution in [-0.4, -0.2) is 28.0 Å². The third-order valence-corrected chi connectivity index (χ3v) is 5.77. The van der Waals surface area contributed by atoms with Crippen LogP contribution in [0.3, 0.4) is 0 Å². The number of rotatable bonds is 5. The van der Waals surface area contributed by atoms with Gasteiger partial charge in [-0.1, -0.05) is 48.2 Å². The van der Waals surface area contributed by atoms with Gasteiger partial charge in [-0.25, -0.2) is 9.78 Å². The fraction of sp³-hybridized carbons (Fsp3) is 0.182. The van der Waals surface area contributed by atoms with Gasteiger partial charge in [0.2, 0.25) is 0 Å². The first kappa shape index (κ1) is 19.9. The molecule has 1 atom stereocenters. The molecular formula is C22H20N4O3S. The first-order chi connectivity index (χ1) is 14.6. The predicted molar refractivity (Wildman–Crippen MR) is 115 cm³/mol. The van der Waals surface area contributed by atoms with Crippen molar-refractivity contribution in [1.82, 2.24) is 15.0 Å². The van der Waals surface area contributed by atoms with E-state index >= 15 is 0 Å². The number of ether oxygens (including phenoxy) is 1. The first-order valence-corrected chi connectivity index (χ1v) is 10.3. The number of esters is 1. The van der Waals surface area contributed by atoms with E-state index in [1.807, 2.05) is 36.4 Å². The number of thioether (sulfide) groups is 1. The highest BCUT2D eigenvalue weighted by Crippen LogP contribution is 2.39. The molecule has 0 saturated heterocycles. The van der Waals surface area contributed by atoms with Gasteiger partial charge in [0.1, 0.15) is 5.82 Å². The molecule has 2 N–H and O–H groups in total. The number of H-pyrrole nitrogens is 1. The Morgan fingerprint density at radius 3 is 2.63 bits per heavy atom. The number of fused-ring (bicyclic) bond motifs is 1. The molecule has 1 aliphatic heterocycles. The second-order valence-electron chi connectivity index (χ2n) is 6.75. The molecule has 1 aliphatic rings. The summed E-state index contributed by atoms with van der Waals surface area (Å²) >= 11 is 1.44. The summed E-state index contributed by atoms with van der Waals surface area (Å²) in [6.45, 7) is 1.77. The van der Waals surface area contributed by atoms with E-state index in [2.05, 4.69) is 20.3 Å². The molecule has 1 aromatic carbocycles. The van der Waals surface area contributed by atoms with Crippen molar-refractivity contribution >= 4 is 23.5 Å². The summed E-state index contributed by atoms with van der Waals surface area (Å²) in [6.07, 6.45) is 1.63. The number of methoxy groups -OCH3 is 1. The summed E-state index contributed by atoms with van der Waals surface area (Å²) in [7, 11) is 1.32. The molecule has 7 nitrogen and oxygen atoms in total. The summed E-state index contributed by atoms with van der Waals surface area (Å²) < 4.78 is 4.98. The Labute approximate surface area is 177 Å². The molecular weight excluding hydrogens is 400 g/mol. The molecule has 3 heterocycles. The Morgan fingerprint density at radius 1 is 1.17 bits per heavy atom. The summed E-state index contributed by atoms with van der Waals surface area (Å²) in [4.78, 5) is 37.5. The predicted octanol–water partition coefficient (Wildman–Crippen LogP) is 3.46.